The van der Waals surface area contributed by atoms with E-state index in [2.05, 4.69) is 43.4 Å². The van der Waals surface area contributed by atoms with Gasteiger partial charge in [-0.15, -0.1) is 0 Å². The maximum absolute atomic E-state index is 8.69. The van der Waals surface area contributed by atoms with E-state index >= 15 is 0 Å². The molecule has 20 heavy (non-hydrogen) atoms. The van der Waals surface area contributed by atoms with Crippen LogP contribution in [0.4, 0.5) is 0 Å². The van der Waals surface area contributed by atoms with Gasteiger partial charge in [-0.3, -0.25) is 0 Å². The minimum atomic E-state index is -1.12. The molecule has 0 amide bonds. The number of unbranched alkanes of at least 4 members (excludes halogenated alkanes) is 5. The molecule has 0 atom stereocenters. The van der Waals surface area contributed by atoms with Crippen LogP contribution in [0.2, 0.25) is 0 Å². The summed E-state index contributed by atoms with van der Waals surface area (Å²) in [5, 5.41) is 17.4. The van der Waals surface area contributed by atoms with Crippen molar-refractivity contribution in [2.75, 3.05) is 0 Å². The zero-order chi connectivity index (χ0) is 14.9. The van der Waals surface area contributed by atoms with Gasteiger partial charge in [-0.2, -0.15) is 0 Å². The van der Waals surface area contributed by atoms with Gasteiger partial charge in [0.15, 0.2) is 6.29 Å². The number of hydrogen-bond acceptors (Lipinski definition) is 2. The Morgan fingerprint density at radius 2 is 1.25 bits per heavy atom. The molecule has 0 aliphatic carbocycles. The molecule has 0 aliphatic heterocycles. The van der Waals surface area contributed by atoms with Crippen LogP contribution in [0.3, 0.4) is 0 Å². The van der Waals surface area contributed by atoms with Crippen molar-refractivity contribution in [2.45, 2.75) is 77.4 Å². The predicted octanol–water partition coefficient (Wildman–Crippen LogP) is 4.89. The lowest BCUT2D eigenvalue weighted by atomic mass is 10.1. The molecule has 0 aromatic rings. The Morgan fingerprint density at radius 1 is 0.700 bits per heavy atom. The lowest BCUT2D eigenvalue weighted by Crippen LogP contribution is -2.02. The van der Waals surface area contributed by atoms with Crippen molar-refractivity contribution < 1.29 is 10.2 Å². The third-order valence-corrected chi connectivity index (χ3v) is 3.11. The number of aliphatic hydroxyl groups is 2. The van der Waals surface area contributed by atoms with Crippen molar-refractivity contribution in [2.24, 2.45) is 0 Å². The van der Waals surface area contributed by atoms with Gasteiger partial charge in [0.25, 0.3) is 0 Å². The lowest BCUT2D eigenvalue weighted by Gasteiger charge is -2.02. The SMILES string of the molecule is CCC=CCC=CCC=CCCCCCCCC(O)O. The van der Waals surface area contributed by atoms with Crippen molar-refractivity contribution in [3.8, 4) is 0 Å². The number of hydrogen-bond donors (Lipinski definition) is 2. The minimum Gasteiger partial charge on any atom is -0.368 e. The van der Waals surface area contributed by atoms with Gasteiger partial charge in [0.1, 0.15) is 0 Å². The maximum atomic E-state index is 8.69. The molecular weight excluding hydrogens is 248 g/mol. The zero-order valence-electron chi connectivity index (χ0n) is 13.0. The van der Waals surface area contributed by atoms with Gasteiger partial charge in [-0.25, -0.2) is 0 Å². The summed E-state index contributed by atoms with van der Waals surface area (Å²) in [6, 6.07) is 0. The van der Waals surface area contributed by atoms with Gasteiger partial charge in [0.05, 0.1) is 0 Å². The van der Waals surface area contributed by atoms with Crippen LogP contribution in [-0.4, -0.2) is 16.5 Å². The Kier molecular flexibility index (Phi) is 15.5. The first-order chi connectivity index (χ1) is 9.77. The average molecular weight is 280 g/mol. The molecule has 0 radical (unpaired) electrons. The van der Waals surface area contributed by atoms with Crippen molar-refractivity contribution in [1.29, 1.82) is 0 Å². The molecule has 0 unspecified atom stereocenters. The third-order valence-electron chi connectivity index (χ3n) is 3.11. The smallest absolute Gasteiger partial charge is 0.151 e. The Hall–Kier alpha value is -0.860. The summed E-state index contributed by atoms with van der Waals surface area (Å²) in [4.78, 5) is 0. The standard InChI is InChI=1S/C18H32O2/c1-2-3-4-5-6-7-8-9-10-11-12-13-14-15-16-17-18(19)20/h3-4,6-7,9-10,18-20H,2,5,8,11-17H2,1H3. The summed E-state index contributed by atoms with van der Waals surface area (Å²) in [6.45, 7) is 2.15. The van der Waals surface area contributed by atoms with Crippen LogP contribution < -0.4 is 0 Å². The van der Waals surface area contributed by atoms with Crippen molar-refractivity contribution in [3.05, 3.63) is 36.5 Å². The van der Waals surface area contributed by atoms with E-state index in [0.717, 1.165) is 38.5 Å². The summed E-state index contributed by atoms with van der Waals surface area (Å²) in [5.74, 6) is 0. The van der Waals surface area contributed by atoms with E-state index in [4.69, 9.17) is 10.2 Å². The summed E-state index contributed by atoms with van der Waals surface area (Å²) >= 11 is 0. The number of allylic oxidation sites excluding steroid dienone is 6. The Bertz CT molecular complexity index is 265. The normalized spacial score (nSPS) is 12.6. The van der Waals surface area contributed by atoms with Gasteiger partial charge in [0, 0.05) is 0 Å². The second kappa shape index (κ2) is 16.2. The second-order valence-electron chi connectivity index (χ2n) is 5.12. The maximum Gasteiger partial charge on any atom is 0.151 e. The molecule has 2 N–H and O–H groups in total. The largest absolute Gasteiger partial charge is 0.368 e. The first-order valence-corrected chi connectivity index (χ1v) is 8.08. The fourth-order valence-electron chi connectivity index (χ4n) is 1.95. The highest BCUT2D eigenvalue weighted by Gasteiger charge is 1.96. The van der Waals surface area contributed by atoms with Gasteiger partial charge < -0.3 is 10.2 Å². The van der Waals surface area contributed by atoms with Crippen molar-refractivity contribution >= 4 is 0 Å². The molecule has 2 nitrogen and oxygen atoms in total. The minimum absolute atomic E-state index is 0.514. The van der Waals surface area contributed by atoms with Crippen LogP contribution >= 0.6 is 0 Å². The van der Waals surface area contributed by atoms with E-state index < -0.39 is 6.29 Å². The van der Waals surface area contributed by atoms with Crippen LogP contribution in [-0.2, 0) is 0 Å². The van der Waals surface area contributed by atoms with E-state index in [1.165, 1.54) is 19.3 Å². The summed E-state index contributed by atoms with van der Waals surface area (Å²) in [5.41, 5.74) is 0. The molecule has 0 spiro atoms. The Morgan fingerprint density at radius 3 is 1.90 bits per heavy atom. The lowest BCUT2D eigenvalue weighted by molar-refractivity contribution is -0.0466. The first-order valence-electron chi connectivity index (χ1n) is 8.08. The molecule has 116 valence electrons. The molecule has 0 saturated heterocycles. The predicted molar refractivity (Wildman–Crippen MR) is 87.5 cm³/mol. The van der Waals surface area contributed by atoms with Gasteiger partial charge in [-0.1, -0.05) is 62.6 Å². The Labute approximate surface area is 124 Å². The highest BCUT2D eigenvalue weighted by atomic mass is 16.5. The van der Waals surface area contributed by atoms with E-state index in [1.807, 2.05) is 0 Å². The second-order valence-corrected chi connectivity index (χ2v) is 5.12. The van der Waals surface area contributed by atoms with Gasteiger partial charge in [0.2, 0.25) is 0 Å². The van der Waals surface area contributed by atoms with E-state index in [-0.39, 0.29) is 0 Å². The molecule has 0 bridgehead atoms. The van der Waals surface area contributed by atoms with Crippen molar-refractivity contribution in [3.63, 3.8) is 0 Å². The molecular formula is C18H32O2. The van der Waals surface area contributed by atoms with Crippen LogP contribution in [0.1, 0.15) is 71.1 Å². The third kappa shape index (κ3) is 17.1. The molecule has 0 aromatic heterocycles. The van der Waals surface area contributed by atoms with E-state index in [0.29, 0.717) is 6.42 Å². The van der Waals surface area contributed by atoms with E-state index in [1.54, 1.807) is 0 Å². The zero-order valence-corrected chi connectivity index (χ0v) is 13.0. The molecule has 0 fully saturated rings. The average Bonchev–Trinajstić information content (AvgIpc) is 2.43. The first kappa shape index (κ1) is 19.1. The molecule has 0 aliphatic rings. The Balaban J connectivity index is 3.21. The fourth-order valence-corrected chi connectivity index (χ4v) is 1.95. The van der Waals surface area contributed by atoms with E-state index in [9.17, 15) is 0 Å². The van der Waals surface area contributed by atoms with Gasteiger partial charge in [-0.05, 0) is 44.9 Å². The summed E-state index contributed by atoms with van der Waals surface area (Å²) < 4.78 is 0. The van der Waals surface area contributed by atoms with Crippen LogP contribution in [0.15, 0.2) is 36.5 Å². The molecule has 2 heteroatoms. The molecule has 0 heterocycles. The highest BCUT2D eigenvalue weighted by molar-refractivity contribution is 4.96. The monoisotopic (exact) mass is 280 g/mol. The highest BCUT2D eigenvalue weighted by Crippen LogP contribution is 2.08. The van der Waals surface area contributed by atoms with Gasteiger partial charge >= 0.3 is 0 Å². The van der Waals surface area contributed by atoms with Crippen LogP contribution in [0, 0.1) is 0 Å². The van der Waals surface area contributed by atoms with Crippen LogP contribution in [0.25, 0.3) is 0 Å². The quantitative estimate of drug-likeness (QED) is 0.286. The van der Waals surface area contributed by atoms with Crippen molar-refractivity contribution in [1.82, 2.24) is 0 Å². The number of aliphatic hydroxyl groups excluding tert-OH is 1. The number of rotatable bonds is 13. The topological polar surface area (TPSA) is 40.5 Å². The summed E-state index contributed by atoms with van der Waals surface area (Å²) in [7, 11) is 0. The summed E-state index contributed by atoms with van der Waals surface area (Å²) in [6.07, 6.45) is 22.8. The van der Waals surface area contributed by atoms with Crippen LogP contribution in [0.5, 0.6) is 0 Å². The molecule has 0 saturated carbocycles. The molecule has 0 aromatic carbocycles. The molecule has 0 rings (SSSR count). The fraction of sp³-hybridized carbons (Fsp3) is 0.667.